The summed E-state index contributed by atoms with van der Waals surface area (Å²) in [6.07, 6.45) is 18.7. The van der Waals surface area contributed by atoms with Crippen LogP contribution in [0.1, 0.15) is 122 Å². The van der Waals surface area contributed by atoms with Gasteiger partial charge in [0.15, 0.2) is 22.6 Å². The first-order valence-electron chi connectivity index (χ1n) is 19.2. The number of nitrogens with one attached hydrogen (secondary N) is 4. The molecule has 1 atom stereocenters. The fourth-order valence-corrected chi connectivity index (χ4v) is 6.04. The fourth-order valence-electron chi connectivity index (χ4n) is 5.10. The van der Waals surface area contributed by atoms with Crippen molar-refractivity contribution in [1.29, 1.82) is 0 Å². The zero-order valence-electron chi connectivity index (χ0n) is 31.5. The smallest absolute Gasteiger partial charge is 0.260 e. The summed E-state index contributed by atoms with van der Waals surface area (Å²) in [7, 11) is -1.87. The predicted octanol–water partition coefficient (Wildman–Crippen LogP) is 2.99. The number of thiol groups is 1. The summed E-state index contributed by atoms with van der Waals surface area (Å²) in [5.41, 5.74) is 0. The van der Waals surface area contributed by atoms with Crippen molar-refractivity contribution in [3.63, 3.8) is 0 Å². The van der Waals surface area contributed by atoms with Gasteiger partial charge in [0, 0.05) is 38.8 Å². The van der Waals surface area contributed by atoms with Crippen molar-refractivity contribution in [2.24, 2.45) is 0 Å². The Balaban J connectivity index is 1.79. The Bertz CT molecular complexity index is 1070. The molecule has 1 rings (SSSR count). The quantitative estimate of drug-likeness (QED) is 0.0435. The van der Waals surface area contributed by atoms with E-state index in [0.29, 0.717) is 52.4 Å². The monoisotopic (exact) mass is 760 g/mol. The number of nitrogens with zero attached hydrogens (tertiary/aromatic N) is 3. The van der Waals surface area contributed by atoms with Gasteiger partial charge in [-0.2, -0.15) is 9.94 Å². The van der Waals surface area contributed by atoms with Crippen molar-refractivity contribution >= 4 is 34.5 Å². The van der Waals surface area contributed by atoms with Gasteiger partial charge in [-0.3, -0.25) is 19.2 Å². The zero-order valence-corrected chi connectivity index (χ0v) is 32.4. The van der Waals surface area contributed by atoms with Crippen LogP contribution >= 0.6 is 0 Å². The topological polar surface area (TPSA) is 213 Å². The van der Waals surface area contributed by atoms with Gasteiger partial charge in [0.2, 0.25) is 11.8 Å². The molecule has 1 aromatic heterocycles. The maximum atomic E-state index is 12.2. The number of H-pyrrole nitrogens is 1. The first-order chi connectivity index (χ1) is 25.4. The molecule has 0 bridgehead atoms. The lowest BCUT2D eigenvalue weighted by atomic mass is 10.0. The third-order valence-electron chi connectivity index (χ3n) is 7.88. The van der Waals surface area contributed by atoms with Gasteiger partial charge >= 0.3 is 0 Å². The number of rotatable bonds is 38. The summed E-state index contributed by atoms with van der Waals surface area (Å²) in [6, 6.07) is 0. The Morgan fingerprint density at radius 3 is 1.65 bits per heavy atom. The molecule has 0 aliphatic carbocycles. The van der Waals surface area contributed by atoms with Crippen molar-refractivity contribution in [3.05, 3.63) is 5.82 Å². The zero-order chi connectivity index (χ0) is 37.7. The molecule has 52 heavy (non-hydrogen) atoms. The largest absolute Gasteiger partial charge is 0.377 e. The molecule has 3 amide bonds. The Labute approximate surface area is 312 Å². The number of carbonyl (C=O) groups is 4. The third kappa shape index (κ3) is 33.0. The first-order valence-corrected chi connectivity index (χ1v) is 20.6. The van der Waals surface area contributed by atoms with E-state index in [-0.39, 0.29) is 62.1 Å². The molecule has 17 heteroatoms. The number of aryl methyl sites for hydroxylation is 1. The molecule has 300 valence electrons. The molecule has 0 spiro atoms. The molecule has 1 heterocycles. The van der Waals surface area contributed by atoms with E-state index in [4.69, 9.17) is 18.9 Å². The van der Waals surface area contributed by atoms with Crippen LogP contribution in [0, 0.1) is 0 Å². The highest BCUT2D eigenvalue weighted by molar-refractivity contribution is 7.83. The number of carbonyl (C=O) groups excluding carboxylic acids is 4. The van der Waals surface area contributed by atoms with E-state index < -0.39 is 11.0 Å². The van der Waals surface area contributed by atoms with Gasteiger partial charge in [-0.25, -0.2) is 0 Å². The number of ketones is 1. The van der Waals surface area contributed by atoms with Crippen LogP contribution < -0.4 is 15.4 Å². The molecular formula is C35H66N7O9S+. The van der Waals surface area contributed by atoms with Crippen LogP contribution in [0.25, 0.3) is 0 Å². The highest BCUT2D eigenvalue weighted by Crippen LogP contribution is 2.14. The minimum atomic E-state index is -1.87. The average Bonchev–Trinajstić information content (AvgIpc) is 3.64. The molecule has 4 N–H and O–H groups in total. The minimum Gasteiger partial charge on any atom is -0.377 e. The van der Waals surface area contributed by atoms with Crippen molar-refractivity contribution < 1.29 is 42.3 Å². The number of aromatic amines is 1. The number of amides is 3. The van der Waals surface area contributed by atoms with E-state index in [2.05, 4.69) is 36.0 Å². The summed E-state index contributed by atoms with van der Waals surface area (Å²) >= 11 is 0. The third-order valence-corrected chi connectivity index (χ3v) is 9.10. The molecule has 1 unspecified atom stereocenters. The summed E-state index contributed by atoms with van der Waals surface area (Å²) in [6.45, 7) is 3.89. The van der Waals surface area contributed by atoms with Crippen LogP contribution in [-0.4, -0.2) is 116 Å². The van der Waals surface area contributed by atoms with Gasteiger partial charge in [-0.05, 0) is 19.8 Å². The predicted molar refractivity (Wildman–Crippen MR) is 199 cm³/mol. The van der Waals surface area contributed by atoms with E-state index in [9.17, 15) is 23.4 Å². The Kier molecular flexibility index (Phi) is 31.9. The van der Waals surface area contributed by atoms with Gasteiger partial charge in [0.1, 0.15) is 19.0 Å². The molecule has 0 fully saturated rings. The number of Topliss-reactive ketones (excluding diaryl/α,β-unsaturated/α-hetero) is 1. The van der Waals surface area contributed by atoms with E-state index in [0.717, 1.165) is 37.9 Å². The minimum absolute atomic E-state index is 0.0430. The van der Waals surface area contributed by atoms with Crippen LogP contribution in [0.15, 0.2) is 0 Å². The van der Waals surface area contributed by atoms with Crippen molar-refractivity contribution in [2.75, 3.05) is 71.7 Å². The van der Waals surface area contributed by atoms with Gasteiger partial charge in [0.05, 0.1) is 39.6 Å². The maximum Gasteiger partial charge on any atom is 0.260 e. The molecule has 0 aromatic carbocycles. The number of ether oxygens (including phenoxy) is 4. The summed E-state index contributed by atoms with van der Waals surface area (Å²) in [4.78, 5) is 46.6. The maximum absolute atomic E-state index is 12.2. The van der Waals surface area contributed by atoms with Crippen molar-refractivity contribution in [1.82, 2.24) is 36.0 Å². The normalized spacial score (nSPS) is 11.7. The molecule has 0 saturated carbocycles. The highest BCUT2D eigenvalue weighted by Gasteiger charge is 2.12. The SMILES string of the molecule is CC(=O)COCCOCCNC(=O)COCCOCCNC(=O)CCC[SH+](=O)NC(=O)CCCCCCCCCCCCCCCCc1nn[nH]n1. The number of tetrazole rings is 1. The molecule has 0 saturated heterocycles. The summed E-state index contributed by atoms with van der Waals surface area (Å²) < 4.78 is 35.8. The van der Waals surface area contributed by atoms with Crippen molar-refractivity contribution in [2.45, 2.75) is 122 Å². The van der Waals surface area contributed by atoms with Crippen LogP contribution in [0.2, 0.25) is 0 Å². The number of hydrogen-bond donors (Lipinski definition) is 4. The van der Waals surface area contributed by atoms with Gasteiger partial charge in [-0.1, -0.05) is 86.5 Å². The van der Waals surface area contributed by atoms with Gasteiger partial charge in [0.25, 0.3) is 5.91 Å². The van der Waals surface area contributed by atoms with E-state index >= 15 is 0 Å². The van der Waals surface area contributed by atoms with E-state index in [1.54, 1.807) is 0 Å². The van der Waals surface area contributed by atoms with Gasteiger partial charge < -0.3 is 29.6 Å². The lowest BCUT2D eigenvalue weighted by Gasteiger charge is -2.08. The molecule has 0 aliphatic heterocycles. The molecule has 0 radical (unpaired) electrons. The number of unbranched alkanes of at least 4 members (excludes halogenated alkanes) is 13. The van der Waals surface area contributed by atoms with Crippen LogP contribution in [0.5, 0.6) is 0 Å². The van der Waals surface area contributed by atoms with Crippen LogP contribution in [0.4, 0.5) is 0 Å². The highest BCUT2D eigenvalue weighted by atomic mass is 32.2. The summed E-state index contributed by atoms with van der Waals surface area (Å²) in [5, 5.41) is 19.4. The molecular weight excluding hydrogens is 694 g/mol. The number of hydrogen-bond acceptors (Lipinski definition) is 12. The Morgan fingerprint density at radius 1 is 0.596 bits per heavy atom. The second-order valence-corrected chi connectivity index (χ2v) is 14.2. The lowest BCUT2D eigenvalue weighted by molar-refractivity contribution is -0.127. The fraction of sp³-hybridized carbons (Fsp3) is 0.857. The van der Waals surface area contributed by atoms with E-state index in [1.807, 2.05) is 0 Å². The first kappa shape index (κ1) is 47.2. The van der Waals surface area contributed by atoms with Crippen LogP contribution in [0.3, 0.4) is 0 Å². The molecule has 0 aliphatic rings. The Morgan fingerprint density at radius 2 is 1.10 bits per heavy atom. The van der Waals surface area contributed by atoms with Crippen LogP contribution in [-0.2, 0) is 59.7 Å². The average molecular weight is 761 g/mol. The second kappa shape index (κ2) is 35.2. The summed E-state index contributed by atoms with van der Waals surface area (Å²) in [5.74, 6) is 0.410. The van der Waals surface area contributed by atoms with E-state index in [1.165, 1.54) is 71.1 Å². The standard InChI is InChI=1S/C35H65N7O9S/c1-31(43)29-50-26-24-49-23-21-37-35(46)30-51-27-25-48-22-20-36-33(44)19-16-28-52(47)40-34(45)18-15-13-11-9-7-5-3-2-4-6-8-10-12-14-17-32-38-41-42-39-32/h2-30H2,1H3,(H,36,44)(H,37,46)(H,40,45,47)(H,38,39,41,42)/p+1. The van der Waals surface area contributed by atoms with Gasteiger partial charge in [-0.15, -0.1) is 10.2 Å². The Hall–Kier alpha value is -2.86. The second-order valence-electron chi connectivity index (χ2n) is 12.8. The van der Waals surface area contributed by atoms with Crippen molar-refractivity contribution in [3.8, 4) is 0 Å². The lowest BCUT2D eigenvalue weighted by Crippen LogP contribution is -2.31. The number of aromatic nitrogens is 4. The molecule has 1 aromatic rings. The molecule has 16 nitrogen and oxygen atoms in total.